The number of benzene rings is 1. The Kier molecular flexibility index (Phi) is 10.1. The summed E-state index contributed by atoms with van der Waals surface area (Å²) in [6, 6.07) is 7.13. The Labute approximate surface area is 127 Å². The highest BCUT2D eigenvalue weighted by Gasteiger charge is 2.14. The molecule has 0 aliphatic rings. The normalized spacial score (nSPS) is 11.6. The van der Waals surface area contributed by atoms with Gasteiger partial charge in [-0.25, -0.2) is 0 Å². The van der Waals surface area contributed by atoms with Gasteiger partial charge in [-0.1, -0.05) is 29.8 Å². The average Bonchev–Trinajstić information content (AvgIpc) is 2.42. The minimum atomic E-state index is -0.590. The van der Waals surface area contributed by atoms with E-state index in [1.807, 2.05) is 38.1 Å². The third-order valence-electron chi connectivity index (χ3n) is 2.94. The number of halogens is 1. The topological polar surface area (TPSA) is 64.3 Å². The first-order valence-corrected chi connectivity index (χ1v) is 6.82. The SMILES string of the molecule is CCOCCCCNC(=O)C(N)c1ccc(C)cc1.Cl. The van der Waals surface area contributed by atoms with Crippen molar-refractivity contribution in [2.24, 2.45) is 5.73 Å². The smallest absolute Gasteiger partial charge is 0.241 e. The second-order valence-corrected chi connectivity index (χ2v) is 4.58. The van der Waals surface area contributed by atoms with Gasteiger partial charge in [-0.05, 0) is 32.3 Å². The fraction of sp³-hybridized carbons (Fsp3) is 0.533. The quantitative estimate of drug-likeness (QED) is 0.724. The van der Waals surface area contributed by atoms with Crippen LogP contribution in [-0.4, -0.2) is 25.7 Å². The van der Waals surface area contributed by atoms with Crippen molar-refractivity contribution in [2.75, 3.05) is 19.8 Å². The van der Waals surface area contributed by atoms with Crippen LogP contribution in [0.3, 0.4) is 0 Å². The number of carbonyl (C=O) groups is 1. The summed E-state index contributed by atoms with van der Waals surface area (Å²) in [5, 5.41) is 2.85. The summed E-state index contributed by atoms with van der Waals surface area (Å²) in [5.41, 5.74) is 7.92. The Balaban J connectivity index is 0.00000361. The van der Waals surface area contributed by atoms with E-state index < -0.39 is 6.04 Å². The zero-order valence-corrected chi connectivity index (χ0v) is 13.0. The van der Waals surface area contributed by atoms with E-state index in [0.717, 1.165) is 37.2 Å². The Morgan fingerprint density at radius 1 is 1.30 bits per heavy atom. The number of nitrogens with one attached hydrogen (secondary N) is 1. The number of unbranched alkanes of at least 4 members (excludes halogenated alkanes) is 1. The van der Waals surface area contributed by atoms with Gasteiger partial charge in [0.15, 0.2) is 0 Å². The van der Waals surface area contributed by atoms with E-state index in [0.29, 0.717) is 6.54 Å². The van der Waals surface area contributed by atoms with Gasteiger partial charge in [-0.3, -0.25) is 4.79 Å². The van der Waals surface area contributed by atoms with Gasteiger partial charge in [-0.15, -0.1) is 12.4 Å². The van der Waals surface area contributed by atoms with Crippen LogP contribution in [0, 0.1) is 6.92 Å². The lowest BCUT2D eigenvalue weighted by Gasteiger charge is -2.12. The van der Waals surface area contributed by atoms with Gasteiger partial charge >= 0.3 is 0 Å². The average molecular weight is 301 g/mol. The van der Waals surface area contributed by atoms with Crippen LogP contribution < -0.4 is 11.1 Å². The summed E-state index contributed by atoms with van der Waals surface area (Å²) < 4.78 is 5.23. The molecular weight excluding hydrogens is 276 g/mol. The third-order valence-corrected chi connectivity index (χ3v) is 2.94. The van der Waals surface area contributed by atoms with Crippen molar-refractivity contribution in [1.29, 1.82) is 0 Å². The molecule has 1 rings (SSSR count). The molecule has 0 bridgehead atoms. The molecule has 0 fully saturated rings. The highest BCUT2D eigenvalue weighted by molar-refractivity contribution is 5.85. The van der Waals surface area contributed by atoms with Gasteiger partial charge in [0.05, 0.1) is 0 Å². The van der Waals surface area contributed by atoms with E-state index in [4.69, 9.17) is 10.5 Å². The first-order chi connectivity index (χ1) is 9.15. The Hall–Kier alpha value is -1.10. The minimum absolute atomic E-state index is 0. The standard InChI is InChI=1S/C15H24N2O2.ClH/c1-3-19-11-5-4-10-17-15(18)14(16)13-8-6-12(2)7-9-13;/h6-9,14H,3-5,10-11,16H2,1-2H3,(H,17,18);1H. The molecule has 0 spiro atoms. The molecular formula is C15H25ClN2O2. The van der Waals surface area contributed by atoms with E-state index >= 15 is 0 Å². The van der Waals surface area contributed by atoms with Crippen LogP contribution in [0.5, 0.6) is 0 Å². The summed E-state index contributed by atoms with van der Waals surface area (Å²) >= 11 is 0. The van der Waals surface area contributed by atoms with Crippen LogP contribution in [0.2, 0.25) is 0 Å². The summed E-state index contributed by atoms with van der Waals surface area (Å²) in [6.07, 6.45) is 1.86. The van der Waals surface area contributed by atoms with Gasteiger partial charge in [0.1, 0.15) is 6.04 Å². The van der Waals surface area contributed by atoms with E-state index in [9.17, 15) is 4.79 Å². The lowest BCUT2D eigenvalue weighted by Crippen LogP contribution is -2.34. The van der Waals surface area contributed by atoms with Crippen LogP contribution in [-0.2, 0) is 9.53 Å². The highest BCUT2D eigenvalue weighted by Crippen LogP contribution is 2.11. The fourth-order valence-corrected chi connectivity index (χ4v) is 1.72. The largest absolute Gasteiger partial charge is 0.382 e. The predicted octanol–water partition coefficient (Wildman–Crippen LogP) is 2.35. The monoisotopic (exact) mass is 300 g/mol. The van der Waals surface area contributed by atoms with Gasteiger partial charge in [0.25, 0.3) is 0 Å². The maximum atomic E-state index is 11.8. The molecule has 5 heteroatoms. The zero-order chi connectivity index (χ0) is 14.1. The molecule has 0 radical (unpaired) electrons. The lowest BCUT2D eigenvalue weighted by molar-refractivity contribution is -0.122. The van der Waals surface area contributed by atoms with E-state index in [2.05, 4.69) is 5.32 Å². The molecule has 0 aliphatic heterocycles. The lowest BCUT2D eigenvalue weighted by atomic mass is 10.1. The molecule has 0 saturated heterocycles. The number of amides is 1. The summed E-state index contributed by atoms with van der Waals surface area (Å²) in [4.78, 5) is 11.8. The maximum Gasteiger partial charge on any atom is 0.241 e. The van der Waals surface area contributed by atoms with Crippen molar-refractivity contribution in [3.05, 3.63) is 35.4 Å². The Morgan fingerprint density at radius 3 is 2.55 bits per heavy atom. The van der Waals surface area contributed by atoms with Crippen molar-refractivity contribution in [1.82, 2.24) is 5.32 Å². The zero-order valence-electron chi connectivity index (χ0n) is 12.2. The van der Waals surface area contributed by atoms with Crippen LogP contribution in [0.1, 0.15) is 36.9 Å². The second kappa shape index (κ2) is 10.7. The Morgan fingerprint density at radius 2 is 1.95 bits per heavy atom. The van der Waals surface area contributed by atoms with Crippen molar-refractivity contribution >= 4 is 18.3 Å². The predicted molar refractivity (Wildman–Crippen MR) is 84.1 cm³/mol. The number of nitrogens with two attached hydrogens (primary N) is 1. The third kappa shape index (κ3) is 6.89. The second-order valence-electron chi connectivity index (χ2n) is 4.58. The number of hydrogen-bond donors (Lipinski definition) is 2. The van der Waals surface area contributed by atoms with Crippen LogP contribution >= 0.6 is 12.4 Å². The van der Waals surface area contributed by atoms with Crippen LogP contribution in [0.25, 0.3) is 0 Å². The van der Waals surface area contributed by atoms with Crippen molar-refractivity contribution in [3.63, 3.8) is 0 Å². The van der Waals surface area contributed by atoms with E-state index in [1.54, 1.807) is 0 Å². The molecule has 0 saturated carbocycles. The molecule has 0 aliphatic carbocycles. The molecule has 4 nitrogen and oxygen atoms in total. The van der Waals surface area contributed by atoms with Gasteiger partial charge in [0.2, 0.25) is 5.91 Å². The van der Waals surface area contributed by atoms with Gasteiger partial charge in [0, 0.05) is 19.8 Å². The van der Waals surface area contributed by atoms with Crippen molar-refractivity contribution in [3.8, 4) is 0 Å². The van der Waals surface area contributed by atoms with Crippen LogP contribution in [0.4, 0.5) is 0 Å². The maximum absolute atomic E-state index is 11.8. The number of rotatable bonds is 8. The number of aryl methyl sites for hydroxylation is 1. The van der Waals surface area contributed by atoms with Crippen LogP contribution in [0.15, 0.2) is 24.3 Å². The molecule has 1 amide bonds. The first kappa shape index (κ1) is 18.9. The highest BCUT2D eigenvalue weighted by atomic mass is 35.5. The molecule has 0 heterocycles. The molecule has 20 heavy (non-hydrogen) atoms. The van der Waals surface area contributed by atoms with Crippen molar-refractivity contribution < 1.29 is 9.53 Å². The molecule has 0 aromatic heterocycles. The summed E-state index contributed by atoms with van der Waals surface area (Å²) in [7, 11) is 0. The molecule has 1 unspecified atom stereocenters. The van der Waals surface area contributed by atoms with E-state index in [1.165, 1.54) is 0 Å². The number of carbonyl (C=O) groups excluding carboxylic acids is 1. The molecule has 114 valence electrons. The molecule has 1 atom stereocenters. The van der Waals surface area contributed by atoms with Crippen molar-refractivity contribution in [2.45, 2.75) is 32.7 Å². The van der Waals surface area contributed by atoms with Gasteiger partial charge < -0.3 is 15.8 Å². The molecule has 3 N–H and O–H groups in total. The Bertz CT molecular complexity index is 382. The first-order valence-electron chi connectivity index (χ1n) is 6.82. The van der Waals surface area contributed by atoms with E-state index in [-0.39, 0.29) is 18.3 Å². The summed E-state index contributed by atoms with van der Waals surface area (Å²) in [5.74, 6) is -0.125. The molecule has 1 aromatic carbocycles. The van der Waals surface area contributed by atoms with Gasteiger partial charge in [-0.2, -0.15) is 0 Å². The number of ether oxygens (including phenoxy) is 1. The number of hydrogen-bond acceptors (Lipinski definition) is 3. The molecule has 1 aromatic rings. The minimum Gasteiger partial charge on any atom is -0.382 e. The summed E-state index contributed by atoms with van der Waals surface area (Å²) in [6.45, 7) is 6.11. The fourth-order valence-electron chi connectivity index (χ4n) is 1.72.